The van der Waals surface area contributed by atoms with Crippen LogP contribution in [-0.4, -0.2) is 72.8 Å². The summed E-state index contributed by atoms with van der Waals surface area (Å²) in [4.78, 5) is 13.9. The summed E-state index contributed by atoms with van der Waals surface area (Å²) < 4.78 is 37.1. The van der Waals surface area contributed by atoms with Crippen LogP contribution in [-0.2, 0) is 14.8 Å². The van der Waals surface area contributed by atoms with Gasteiger partial charge in [0, 0.05) is 45.3 Å². The van der Waals surface area contributed by atoms with Crippen LogP contribution in [0.3, 0.4) is 0 Å². The normalized spacial score (nSPS) is 14.7. The highest BCUT2D eigenvalue weighted by Crippen LogP contribution is 2.23. The molecule has 1 aromatic carbocycles. The number of carbonyl (C=O) groups is 1. The van der Waals surface area contributed by atoms with Crippen LogP contribution in [0.4, 0.5) is 0 Å². The summed E-state index contributed by atoms with van der Waals surface area (Å²) >= 11 is 0. The minimum Gasteiger partial charge on any atom is -0.496 e. The van der Waals surface area contributed by atoms with Gasteiger partial charge in [0.2, 0.25) is 10.0 Å². The van der Waals surface area contributed by atoms with Crippen LogP contribution in [0.15, 0.2) is 23.1 Å². The molecule has 1 aliphatic rings. The molecule has 0 radical (unpaired) electrons. The number of nitrogens with one attached hydrogen (secondary N) is 2. The van der Waals surface area contributed by atoms with Gasteiger partial charge in [-0.3, -0.25) is 4.90 Å². The Morgan fingerprint density at radius 1 is 1.23 bits per heavy atom. The lowest BCUT2D eigenvalue weighted by Gasteiger charge is -2.27. The fraction of sp³-hybridized carbons (Fsp3) is 0.533. The van der Waals surface area contributed by atoms with Crippen LogP contribution in [0.2, 0.25) is 0 Å². The van der Waals surface area contributed by atoms with Crippen molar-refractivity contribution >= 4 is 40.8 Å². The molecule has 0 aliphatic carbocycles. The lowest BCUT2D eigenvalue weighted by Crippen LogP contribution is -2.46. The van der Waals surface area contributed by atoms with Crippen molar-refractivity contribution in [2.45, 2.75) is 4.90 Å². The molecule has 2 N–H and O–H groups in total. The number of piperazine rings is 1. The minimum absolute atomic E-state index is 0. The molecule has 0 saturated carbocycles. The molecule has 0 spiro atoms. The summed E-state index contributed by atoms with van der Waals surface area (Å²) in [7, 11) is -1.04. The van der Waals surface area contributed by atoms with E-state index in [0.29, 0.717) is 13.1 Å². The lowest BCUT2D eigenvalue weighted by molar-refractivity contribution is 0.0597. The summed E-state index contributed by atoms with van der Waals surface area (Å²) in [5.41, 5.74) is 0.180. The first-order valence-corrected chi connectivity index (χ1v) is 9.15. The van der Waals surface area contributed by atoms with E-state index in [1.165, 1.54) is 32.4 Å². The molecule has 26 heavy (non-hydrogen) atoms. The van der Waals surface area contributed by atoms with Crippen LogP contribution < -0.4 is 14.8 Å². The Kier molecular flexibility index (Phi) is 11.1. The number of sulfonamides is 1. The first-order chi connectivity index (χ1) is 11.5. The third-order valence-corrected chi connectivity index (χ3v) is 5.28. The van der Waals surface area contributed by atoms with Crippen LogP contribution in [0.5, 0.6) is 5.75 Å². The largest absolute Gasteiger partial charge is 0.496 e. The Morgan fingerprint density at radius 2 is 1.88 bits per heavy atom. The van der Waals surface area contributed by atoms with Gasteiger partial charge < -0.3 is 14.8 Å². The maximum atomic E-state index is 12.4. The van der Waals surface area contributed by atoms with Gasteiger partial charge in [0.15, 0.2) is 0 Å². The first-order valence-electron chi connectivity index (χ1n) is 7.67. The predicted octanol–water partition coefficient (Wildman–Crippen LogP) is 0.509. The van der Waals surface area contributed by atoms with E-state index in [0.717, 1.165) is 26.2 Å². The number of halogens is 2. The van der Waals surface area contributed by atoms with Crippen LogP contribution in [0.25, 0.3) is 0 Å². The molecule has 0 unspecified atom stereocenters. The van der Waals surface area contributed by atoms with E-state index in [1.807, 2.05) is 0 Å². The van der Waals surface area contributed by atoms with Crippen molar-refractivity contribution in [3.05, 3.63) is 23.8 Å². The molecule has 1 fully saturated rings. The van der Waals surface area contributed by atoms with Gasteiger partial charge in [-0.05, 0) is 12.1 Å². The molecule has 0 aromatic heterocycles. The molecule has 0 amide bonds. The molecule has 1 heterocycles. The van der Waals surface area contributed by atoms with Gasteiger partial charge in [-0.15, -0.1) is 24.8 Å². The van der Waals surface area contributed by atoms with Crippen LogP contribution in [0.1, 0.15) is 10.4 Å². The number of ether oxygens (including phenoxy) is 2. The van der Waals surface area contributed by atoms with Gasteiger partial charge in [-0.2, -0.15) is 0 Å². The van der Waals surface area contributed by atoms with Crippen molar-refractivity contribution in [1.29, 1.82) is 0 Å². The van der Waals surface area contributed by atoms with Gasteiger partial charge in [0.05, 0.1) is 19.1 Å². The van der Waals surface area contributed by atoms with E-state index in [2.05, 4.69) is 19.7 Å². The summed E-state index contributed by atoms with van der Waals surface area (Å²) in [5.74, 6) is -0.422. The molecular formula is C15H25Cl2N3O5S. The SMILES string of the molecule is COC(=O)c1ccc(S(=O)(=O)NCCN2CCNCC2)cc1OC.Cl.Cl. The van der Waals surface area contributed by atoms with E-state index in [4.69, 9.17) is 4.74 Å². The molecule has 150 valence electrons. The third kappa shape index (κ3) is 6.57. The van der Waals surface area contributed by atoms with Crippen molar-refractivity contribution in [2.24, 2.45) is 0 Å². The Hall–Kier alpha value is -1.10. The average Bonchev–Trinajstić information content (AvgIpc) is 2.61. The Balaban J connectivity index is 0.00000312. The fourth-order valence-electron chi connectivity index (χ4n) is 2.47. The fourth-order valence-corrected chi connectivity index (χ4v) is 3.51. The zero-order valence-electron chi connectivity index (χ0n) is 14.7. The summed E-state index contributed by atoms with van der Waals surface area (Å²) in [5, 5.41) is 3.25. The van der Waals surface area contributed by atoms with Gasteiger partial charge in [-0.1, -0.05) is 0 Å². The highest BCUT2D eigenvalue weighted by molar-refractivity contribution is 7.89. The molecule has 1 aliphatic heterocycles. The molecule has 0 bridgehead atoms. The predicted molar refractivity (Wildman–Crippen MR) is 103 cm³/mol. The lowest BCUT2D eigenvalue weighted by atomic mass is 10.2. The number of hydrogen-bond acceptors (Lipinski definition) is 7. The highest BCUT2D eigenvalue weighted by Gasteiger charge is 2.20. The number of esters is 1. The number of methoxy groups -OCH3 is 2. The summed E-state index contributed by atoms with van der Waals surface area (Å²) in [6.45, 7) is 4.62. The molecule has 8 nitrogen and oxygen atoms in total. The monoisotopic (exact) mass is 429 g/mol. The number of carbonyl (C=O) groups excluding carboxylic acids is 1. The van der Waals surface area contributed by atoms with Crippen molar-refractivity contribution in [3.63, 3.8) is 0 Å². The van der Waals surface area contributed by atoms with Crippen LogP contribution >= 0.6 is 24.8 Å². The second-order valence-corrected chi connectivity index (χ2v) is 7.11. The van der Waals surface area contributed by atoms with Crippen molar-refractivity contribution < 1.29 is 22.7 Å². The van der Waals surface area contributed by atoms with Crippen molar-refractivity contribution in [2.75, 3.05) is 53.5 Å². The quantitative estimate of drug-likeness (QED) is 0.609. The maximum Gasteiger partial charge on any atom is 0.341 e. The van der Waals surface area contributed by atoms with E-state index < -0.39 is 16.0 Å². The second-order valence-electron chi connectivity index (χ2n) is 5.34. The van der Waals surface area contributed by atoms with E-state index in [9.17, 15) is 13.2 Å². The zero-order valence-corrected chi connectivity index (χ0v) is 17.1. The third-order valence-electron chi connectivity index (χ3n) is 3.82. The Morgan fingerprint density at radius 3 is 2.46 bits per heavy atom. The van der Waals surface area contributed by atoms with Gasteiger partial charge in [0.1, 0.15) is 11.3 Å². The number of nitrogens with zero attached hydrogens (tertiary/aromatic N) is 1. The smallest absolute Gasteiger partial charge is 0.341 e. The average molecular weight is 430 g/mol. The van der Waals surface area contributed by atoms with Crippen LogP contribution in [0, 0.1) is 0 Å². The molecular weight excluding hydrogens is 405 g/mol. The number of hydrogen-bond donors (Lipinski definition) is 2. The Bertz CT molecular complexity index is 682. The molecule has 11 heteroatoms. The minimum atomic E-state index is -3.67. The standard InChI is InChI=1S/C15H23N3O5S.2ClH/c1-22-14-11-12(3-4-13(14)15(19)23-2)24(20,21)17-7-10-18-8-5-16-6-9-18;;/h3-4,11,16-17H,5-10H2,1-2H3;2*1H. The number of benzene rings is 1. The molecule has 2 rings (SSSR count). The highest BCUT2D eigenvalue weighted by atomic mass is 35.5. The summed E-state index contributed by atoms with van der Waals surface area (Å²) in [6.07, 6.45) is 0. The van der Waals surface area contributed by atoms with E-state index in [-0.39, 0.29) is 41.0 Å². The first kappa shape index (κ1) is 24.9. The Labute approximate surface area is 166 Å². The summed E-state index contributed by atoms with van der Waals surface area (Å²) in [6, 6.07) is 4.07. The zero-order chi connectivity index (χ0) is 17.6. The van der Waals surface area contributed by atoms with E-state index in [1.54, 1.807) is 0 Å². The van der Waals surface area contributed by atoms with Gasteiger partial charge in [0.25, 0.3) is 0 Å². The maximum absolute atomic E-state index is 12.4. The topological polar surface area (TPSA) is 97.0 Å². The van der Waals surface area contributed by atoms with E-state index >= 15 is 0 Å². The molecule has 1 aromatic rings. The number of rotatable bonds is 7. The van der Waals surface area contributed by atoms with Crippen molar-refractivity contribution in [3.8, 4) is 5.75 Å². The molecule has 0 atom stereocenters. The molecule has 1 saturated heterocycles. The van der Waals surface area contributed by atoms with Crippen molar-refractivity contribution in [1.82, 2.24) is 14.9 Å². The van der Waals surface area contributed by atoms with Gasteiger partial charge >= 0.3 is 5.97 Å². The van der Waals surface area contributed by atoms with Gasteiger partial charge in [-0.25, -0.2) is 17.9 Å². The second kappa shape index (κ2) is 11.6.